The summed E-state index contributed by atoms with van der Waals surface area (Å²) >= 11 is 0. The van der Waals surface area contributed by atoms with E-state index in [9.17, 15) is 4.79 Å². The summed E-state index contributed by atoms with van der Waals surface area (Å²) in [6.07, 6.45) is 6.02. The zero-order chi connectivity index (χ0) is 17.4. The van der Waals surface area contributed by atoms with Crippen molar-refractivity contribution in [2.24, 2.45) is 0 Å². The van der Waals surface area contributed by atoms with Gasteiger partial charge in [0.1, 0.15) is 5.82 Å². The van der Waals surface area contributed by atoms with Crippen LogP contribution in [0.25, 0.3) is 11.0 Å². The third-order valence-electron chi connectivity index (χ3n) is 4.74. The fourth-order valence-corrected chi connectivity index (χ4v) is 3.59. The quantitative estimate of drug-likeness (QED) is 0.690. The maximum absolute atomic E-state index is 12.6. The minimum Gasteiger partial charge on any atom is -0.316 e. The smallest absolute Gasteiger partial charge is 0.227 e. The van der Waals surface area contributed by atoms with Gasteiger partial charge in [-0.15, -0.1) is 6.42 Å². The number of amides is 1. The Morgan fingerprint density at radius 2 is 2.08 bits per heavy atom. The van der Waals surface area contributed by atoms with Gasteiger partial charge in [0.25, 0.3) is 0 Å². The van der Waals surface area contributed by atoms with Gasteiger partial charge in [-0.3, -0.25) is 4.79 Å². The van der Waals surface area contributed by atoms with Gasteiger partial charge in [-0.1, -0.05) is 30.2 Å². The minimum atomic E-state index is 0.0498. The van der Waals surface area contributed by atoms with Crippen LogP contribution in [0.5, 0.6) is 0 Å². The van der Waals surface area contributed by atoms with Crippen LogP contribution in [-0.4, -0.2) is 22.0 Å². The normalized spacial score (nSPS) is 17.2. The summed E-state index contributed by atoms with van der Waals surface area (Å²) in [7, 11) is 0. The van der Waals surface area contributed by atoms with E-state index in [2.05, 4.69) is 10.5 Å². The van der Waals surface area contributed by atoms with Crippen LogP contribution in [0.2, 0.25) is 0 Å². The first-order chi connectivity index (χ1) is 12.2. The van der Waals surface area contributed by atoms with Crippen molar-refractivity contribution >= 4 is 22.6 Å². The number of carbonyl (C=O) groups excluding carboxylic acids is 1. The molecule has 0 bridgehead atoms. The Bertz CT molecular complexity index is 996. The fourth-order valence-electron chi connectivity index (χ4n) is 3.59. The number of para-hydroxylation sites is 2. The van der Waals surface area contributed by atoms with E-state index in [1.165, 1.54) is 0 Å². The Hall–Kier alpha value is -3.06. The maximum Gasteiger partial charge on any atom is 0.227 e. The molecule has 0 radical (unpaired) electrons. The van der Waals surface area contributed by atoms with Gasteiger partial charge in [-0.05, 0) is 36.8 Å². The predicted octanol–water partition coefficient (Wildman–Crippen LogP) is 3.50. The largest absolute Gasteiger partial charge is 0.316 e. The minimum absolute atomic E-state index is 0.0498. The highest BCUT2D eigenvalue weighted by Gasteiger charge is 2.34. The Kier molecular flexibility index (Phi) is 3.77. The second-order valence-electron chi connectivity index (χ2n) is 6.49. The molecule has 1 aliphatic heterocycles. The molecule has 4 nitrogen and oxygen atoms in total. The van der Waals surface area contributed by atoms with E-state index in [0.717, 1.165) is 28.1 Å². The van der Waals surface area contributed by atoms with Crippen LogP contribution in [-0.2, 0) is 11.3 Å². The van der Waals surface area contributed by atoms with Crippen molar-refractivity contribution in [3.63, 3.8) is 0 Å². The number of rotatable bonds is 3. The van der Waals surface area contributed by atoms with Crippen LogP contribution < -0.4 is 4.90 Å². The molecule has 1 amide bonds. The van der Waals surface area contributed by atoms with Gasteiger partial charge >= 0.3 is 0 Å². The lowest BCUT2D eigenvalue weighted by atomic mass is 10.1. The lowest BCUT2D eigenvalue weighted by Crippen LogP contribution is -2.24. The van der Waals surface area contributed by atoms with Gasteiger partial charge in [0.2, 0.25) is 5.91 Å². The van der Waals surface area contributed by atoms with Gasteiger partial charge in [0.15, 0.2) is 0 Å². The fraction of sp³-hybridized carbons (Fsp3) is 0.238. The van der Waals surface area contributed by atoms with E-state index in [4.69, 9.17) is 11.4 Å². The Morgan fingerprint density at radius 3 is 2.88 bits per heavy atom. The van der Waals surface area contributed by atoms with Gasteiger partial charge in [-0.25, -0.2) is 4.98 Å². The van der Waals surface area contributed by atoms with Crippen LogP contribution in [0.15, 0.2) is 48.5 Å². The van der Waals surface area contributed by atoms with Crippen LogP contribution >= 0.6 is 0 Å². The third-order valence-corrected chi connectivity index (χ3v) is 4.74. The number of benzene rings is 2. The zero-order valence-corrected chi connectivity index (χ0v) is 14.1. The topological polar surface area (TPSA) is 38.1 Å². The zero-order valence-electron chi connectivity index (χ0n) is 14.1. The molecule has 0 aliphatic carbocycles. The number of fused-ring (bicyclic) bond motifs is 1. The van der Waals surface area contributed by atoms with Crippen molar-refractivity contribution in [2.45, 2.75) is 25.8 Å². The van der Waals surface area contributed by atoms with E-state index in [1.54, 1.807) is 0 Å². The molecular weight excluding hydrogens is 310 g/mol. The van der Waals surface area contributed by atoms with E-state index in [1.807, 2.05) is 60.4 Å². The second-order valence-corrected chi connectivity index (χ2v) is 6.49. The van der Waals surface area contributed by atoms with Crippen molar-refractivity contribution in [2.75, 3.05) is 11.4 Å². The molecule has 1 aliphatic rings. The third kappa shape index (κ3) is 2.68. The number of aryl methyl sites for hydroxylation is 1. The van der Waals surface area contributed by atoms with Crippen molar-refractivity contribution < 1.29 is 4.79 Å². The van der Waals surface area contributed by atoms with Crippen LogP contribution in [0.4, 0.5) is 5.69 Å². The van der Waals surface area contributed by atoms with Gasteiger partial charge in [0.05, 0.1) is 17.6 Å². The van der Waals surface area contributed by atoms with Crippen molar-refractivity contribution in [3.8, 4) is 12.3 Å². The van der Waals surface area contributed by atoms with E-state index >= 15 is 0 Å². The van der Waals surface area contributed by atoms with E-state index < -0.39 is 0 Å². The molecule has 0 saturated carbocycles. The number of hydrogen-bond acceptors (Lipinski definition) is 2. The number of terminal acetylenes is 1. The molecule has 1 aromatic heterocycles. The van der Waals surface area contributed by atoms with Crippen molar-refractivity contribution in [1.29, 1.82) is 0 Å². The lowest BCUT2D eigenvalue weighted by molar-refractivity contribution is -0.117. The highest BCUT2D eigenvalue weighted by Crippen LogP contribution is 2.33. The first-order valence-electron chi connectivity index (χ1n) is 8.43. The average molecular weight is 329 g/mol. The van der Waals surface area contributed by atoms with Gasteiger partial charge in [0, 0.05) is 24.6 Å². The first-order valence-corrected chi connectivity index (χ1v) is 8.43. The van der Waals surface area contributed by atoms with Crippen molar-refractivity contribution in [3.05, 3.63) is 59.9 Å². The summed E-state index contributed by atoms with van der Waals surface area (Å²) in [6.45, 7) is 3.13. The average Bonchev–Trinajstić information content (AvgIpc) is 3.16. The molecule has 0 unspecified atom stereocenters. The summed E-state index contributed by atoms with van der Waals surface area (Å²) in [5.41, 5.74) is 4.05. The molecular formula is C21H19N3O. The molecule has 124 valence electrons. The molecule has 4 heteroatoms. The maximum atomic E-state index is 12.6. The van der Waals surface area contributed by atoms with Crippen LogP contribution in [0.1, 0.15) is 23.7 Å². The molecule has 3 aromatic rings. The number of hydrogen-bond donors (Lipinski definition) is 0. The van der Waals surface area contributed by atoms with Crippen LogP contribution in [0.3, 0.4) is 0 Å². The molecule has 0 spiro atoms. The first kappa shape index (κ1) is 15.5. The van der Waals surface area contributed by atoms with Gasteiger partial charge < -0.3 is 9.47 Å². The summed E-state index contributed by atoms with van der Waals surface area (Å²) in [5.74, 6) is 3.80. The highest BCUT2D eigenvalue weighted by atomic mass is 16.2. The monoisotopic (exact) mass is 329 g/mol. The molecule has 1 saturated heterocycles. The molecule has 2 heterocycles. The summed E-state index contributed by atoms with van der Waals surface area (Å²) in [5, 5.41) is 0. The van der Waals surface area contributed by atoms with Crippen molar-refractivity contribution in [1.82, 2.24) is 9.55 Å². The molecule has 0 N–H and O–H groups in total. The predicted molar refractivity (Wildman–Crippen MR) is 99.5 cm³/mol. The lowest BCUT2D eigenvalue weighted by Gasteiger charge is -2.17. The molecule has 4 rings (SSSR count). The number of anilines is 1. The molecule has 2 aromatic carbocycles. The van der Waals surface area contributed by atoms with E-state index in [0.29, 0.717) is 19.5 Å². The van der Waals surface area contributed by atoms with Crippen LogP contribution in [0, 0.1) is 19.3 Å². The summed E-state index contributed by atoms with van der Waals surface area (Å²) in [6, 6.07) is 16.0. The Morgan fingerprint density at radius 1 is 1.24 bits per heavy atom. The number of carbonyl (C=O) groups is 1. The Labute approximate surface area is 147 Å². The highest BCUT2D eigenvalue weighted by molar-refractivity contribution is 5.96. The number of nitrogens with zero attached hydrogens (tertiary/aromatic N) is 3. The standard InChI is InChI=1S/C21H19N3O/c1-3-11-23-19-10-5-4-9-18(19)22-21(23)16-13-20(25)24(14-16)17-8-6-7-15(2)12-17/h1,4-10,12,16H,11,13-14H2,2H3/t16-/m1/s1. The Balaban J connectivity index is 1.72. The number of aromatic nitrogens is 2. The summed E-state index contributed by atoms with van der Waals surface area (Å²) in [4.78, 5) is 19.2. The number of imidazole rings is 1. The van der Waals surface area contributed by atoms with Gasteiger partial charge in [-0.2, -0.15) is 0 Å². The molecule has 1 fully saturated rings. The summed E-state index contributed by atoms with van der Waals surface area (Å²) < 4.78 is 2.06. The second kappa shape index (κ2) is 6.10. The SMILES string of the molecule is C#CCn1c([C@@H]2CC(=O)N(c3cccc(C)c3)C2)nc2ccccc21. The molecule has 25 heavy (non-hydrogen) atoms. The molecule has 1 atom stereocenters. The van der Waals surface area contributed by atoms with E-state index in [-0.39, 0.29) is 11.8 Å².